The molecule has 1 aromatic rings. The first-order chi connectivity index (χ1) is 9.70. The number of nitrogens with zero attached hydrogens (tertiary/aromatic N) is 1. The number of methoxy groups -OCH3 is 1. The second-order valence-corrected chi connectivity index (χ2v) is 5.15. The molecule has 0 spiro atoms. The number of hydrogen-bond acceptors (Lipinski definition) is 3. The second-order valence-electron chi connectivity index (χ2n) is 5.15. The number of amides is 1. The van der Waals surface area contributed by atoms with E-state index >= 15 is 0 Å². The topological polar surface area (TPSA) is 55.6 Å². The van der Waals surface area contributed by atoms with Gasteiger partial charge in [-0.3, -0.25) is 9.69 Å². The zero-order chi connectivity index (χ0) is 14.4. The lowest BCUT2D eigenvalue weighted by Crippen LogP contribution is -2.41. The highest BCUT2D eigenvalue weighted by molar-refractivity contribution is 5.76. The number of carbonyl (C=O) groups is 1. The van der Waals surface area contributed by atoms with E-state index in [1.54, 1.807) is 7.11 Å². The van der Waals surface area contributed by atoms with Crippen LogP contribution in [0.25, 0.3) is 6.08 Å². The first-order valence-electron chi connectivity index (χ1n) is 7.02. The molecule has 0 unspecified atom stereocenters. The van der Waals surface area contributed by atoms with Crippen LogP contribution in [0.4, 0.5) is 0 Å². The van der Waals surface area contributed by atoms with Gasteiger partial charge in [-0.2, -0.15) is 0 Å². The van der Waals surface area contributed by atoms with Crippen molar-refractivity contribution in [2.45, 2.75) is 12.8 Å². The van der Waals surface area contributed by atoms with Crippen molar-refractivity contribution in [2.24, 2.45) is 11.7 Å². The zero-order valence-corrected chi connectivity index (χ0v) is 11.9. The van der Waals surface area contributed by atoms with Gasteiger partial charge in [0.25, 0.3) is 0 Å². The van der Waals surface area contributed by atoms with E-state index in [2.05, 4.69) is 17.1 Å². The molecule has 4 nitrogen and oxygen atoms in total. The summed E-state index contributed by atoms with van der Waals surface area (Å²) in [5.74, 6) is 0.698. The molecule has 0 bridgehead atoms. The molecule has 1 amide bonds. The molecule has 0 aliphatic carbocycles. The number of para-hydroxylation sites is 1. The summed E-state index contributed by atoms with van der Waals surface area (Å²) in [6, 6.07) is 7.92. The Kier molecular flexibility index (Phi) is 5.18. The molecule has 1 aliphatic rings. The zero-order valence-electron chi connectivity index (χ0n) is 11.9. The van der Waals surface area contributed by atoms with Crippen molar-refractivity contribution in [3.8, 4) is 5.75 Å². The third-order valence-corrected chi connectivity index (χ3v) is 3.71. The molecule has 2 rings (SSSR count). The number of hydrogen-bond donors (Lipinski definition) is 1. The Morgan fingerprint density at radius 3 is 3.05 bits per heavy atom. The molecule has 108 valence electrons. The van der Waals surface area contributed by atoms with Gasteiger partial charge in [0.1, 0.15) is 5.75 Å². The van der Waals surface area contributed by atoms with Crippen molar-refractivity contribution in [3.05, 3.63) is 35.9 Å². The monoisotopic (exact) mass is 274 g/mol. The quantitative estimate of drug-likeness (QED) is 0.892. The van der Waals surface area contributed by atoms with Gasteiger partial charge in [0.2, 0.25) is 5.91 Å². The van der Waals surface area contributed by atoms with E-state index in [9.17, 15) is 4.79 Å². The molecular formula is C16H22N2O2. The number of primary amides is 1. The lowest BCUT2D eigenvalue weighted by atomic mass is 9.97. The van der Waals surface area contributed by atoms with Gasteiger partial charge in [0.05, 0.1) is 13.0 Å². The van der Waals surface area contributed by atoms with Gasteiger partial charge >= 0.3 is 0 Å². The fraction of sp³-hybridized carbons (Fsp3) is 0.438. The van der Waals surface area contributed by atoms with Crippen molar-refractivity contribution in [3.63, 3.8) is 0 Å². The van der Waals surface area contributed by atoms with Crippen LogP contribution in [0.2, 0.25) is 0 Å². The lowest BCUT2D eigenvalue weighted by Gasteiger charge is -2.30. The van der Waals surface area contributed by atoms with Gasteiger partial charge in [0.15, 0.2) is 0 Å². The van der Waals surface area contributed by atoms with Gasteiger partial charge in [-0.1, -0.05) is 30.4 Å². The predicted octanol–water partition coefficient (Wildman–Crippen LogP) is 1.91. The Balaban J connectivity index is 1.91. The number of rotatable bonds is 5. The Labute approximate surface area is 120 Å². The van der Waals surface area contributed by atoms with Gasteiger partial charge in [-0.05, 0) is 25.5 Å². The molecule has 0 saturated carbocycles. The summed E-state index contributed by atoms with van der Waals surface area (Å²) in [5, 5.41) is 0. The normalized spacial score (nSPS) is 20.1. The van der Waals surface area contributed by atoms with Crippen LogP contribution in [0.15, 0.2) is 30.3 Å². The molecule has 1 aromatic carbocycles. The van der Waals surface area contributed by atoms with Crippen LogP contribution in [0.1, 0.15) is 18.4 Å². The van der Waals surface area contributed by atoms with Crippen LogP contribution in [0.5, 0.6) is 5.75 Å². The molecule has 20 heavy (non-hydrogen) atoms. The molecule has 1 aliphatic heterocycles. The third kappa shape index (κ3) is 3.84. The Morgan fingerprint density at radius 2 is 2.30 bits per heavy atom. The molecule has 2 N–H and O–H groups in total. The van der Waals surface area contributed by atoms with E-state index in [1.165, 1.54) is 0 Å². The number of benzene rings is 1. The predicted molar refractivity (Wildman–Crippen MR) is 80.4 cm³/mol. The standard InChI is InChI=1S/C16H22N2O2/c1-20-15-9-3-2-6-13(15)7-4-10-18-11-5-8-14(12-18)16(17)19/h2-4,6-7,9,14H,5,8,10-12H2,1H3,(H2,17,19)/b7-4+/t14-/m0/s1. The molecule has 1 saturated heterocycles. The van der Waals surface area contributed by atoms with E-state index < -0.39 is 0 Å². The summed E-state index contributed by atoms with van der Waals surface area (Å²) in [6.07, 6.45) is 6.13. The summed E-state index contributed by atoms with van der Waals surface area (Å²) < 4.78 is 5.31. The summed E-state index contributed by atoms with van der Waals surface area (Å²) in [7, 11) is 1.68. The maximum Gasteiger partial charge on any atom is 0.221 e. The second kappa shape index (κ2) is 7.10. The van der Waals surface area contributed by atoms with Crippen molar-refractivity contribution in [1.82, 2.24) is 4.90 Å². The highest BCUT2D eigenvalue weighted by Crippen LogP contribution is 2.19. The average Bonchev–Trinajstić information content (AvgIpc) is 2.48. The molecular weight excluding hydrogens is 252 g/mol. The summed E-state index contributed by atoms with van der Waals surface area (Å²) in [5.41, 5.74) is 6.45. The van der Waals surface area contributed by atoms with Crippen molar-refractivity contribution < 1.29 is 9.53 Å². The van der Waals surface area contributed by atoms with Crippen molar-refractivity contribution in [2.75, 3.05) is 26.7 Å². The first kappa shape index (κ1) is 14.6. The molecule has 4 heteroatoms. The minimum Gasteiger partial charge on any atom is -0.496 e. The van der Waals surface area contributed by atoms with Crippen LogP contribution in [-0.2, 0) is 4.79 Å². The highest BCUT2D eigenvalue weighted by Gasteiger charge is 2.22. The number of ether oxygens (including phenoxy) is 1. The lowest BCUT2D eigenvalue weighted by molar-refractivity contribution is -0.123. The Bertz CT molecular complexity index is 485. The minimum atomic E-state index is -0.177. The van der Waals surface area contributed by atoms with Crippen molar-refractivity contribution >= 4 is 12.0 Å². The SMILES string of the molecule is COc1ccccc1/C=C/CN1CCC[C@H](C(N)=O)C1. The first-order valence-corrected chi connectivity index (χ1v) is 7.02. The van der Waals surface area contributed by atoms with E-state index in [0.29, 0.717) is 0 Å². The fourth-order valence-electron chi connectivity index (χ4n) is 2.59. The smallest absolute Gasteiger partial charge is 0.221 e. The minimum absolute atomic E-state index is 0.00316. The molecule has 1 atom stereocenters. The average molecular weight is 274 g/mol. The molecule has 1 fully saturated rings. The molecule has 0 radical (unpaired) electrons. The Hall–Kier alpha value is -1.81. The number of carbonyl (C=O) groups excluding carboxylic acids is 1. The molecule has 1 heterocycles. The van der Waals surface area contributed by atoms with E-state index in [1.807, 2.05) is 24.3 Å². The van der Waals surface area contributed by atoms with Crippen molar-refractivity contribution in [1.29, 1.82) is 0 Å². The number of piperidine rings is 1. The van der Waals surface area contributed by atoms with Crippen LogP contribution < -0.4 is 10.5 Å². The van der Waals surface area contributed by atoms with Gasteiger partial charge < -0.3 is 10.5 Å². The van der Waals surface area contributed by atoms with Gasteiger partial charge in [-0.15, -0.1) is 0 Å². The van der Waals surface area contributed by atoms with Gasteiger partial charge in [0, 0.05) is 18.7 Å². The highest BCUT2D eigenvalue weighted by atomic mass is 16.5. The van der Waals surface area contributed by atoms with Gasteiger partial charge in [-0.25, -0.2) is 0 Å². The van der Waals surface area contributed by atoms with Crippen LogP contribution in [0, 0.1) is 5.92 Å². The van der Waals surface area contributed by atoms with E-state index in [-0.39, 0.29) is 11.8 Å². The fourth-order valence-corrected chi connectivity index (χ4v) is 2.59. The van der Waals surface area contributed by atoms with Crippen LogP contribution >= 0.6 is 0 Å². The third-order valence-electron chi connectivity index (χ3n) is 3.71. The largest absolute Gasteiger partial charge is 0.496 e. The Morgan fingerprint density at radius 1 is 1.50 bits per heavy atom. The van der Waals surface area contributed by atoms with E-state index in [4.69, 9.17) is 10.5 Å². The number of likely N-dealkylation sites (tertiary alicyclic amines) is 1. The summed E-state index contributed by atoms with van der Waals surface area (Å²) >= 11 is 0. The van der Waals surface area contributed by atoms with Crippen LogP contribution in [0.3, 0.4) is 0 Å². The maximum atomic E-state index is 11.2. The summed E-state index contributed by atoms with van der Waals surface area (Å²) in [6.45, 7) is 2.63. The van der Waals surface area contributed by atoms with Crippen LogP contribution in [-0.4, -0.2) is 37.6 Å². The number of nitrogens with two attached hydrogens (primary N) is 1. The molecule has 0 aromatic heterocycles. The van der Waals surface area contributed by atoms with E-state index in [0.717, 1.165) is 43.8 Å². The summed E-state index contributed by atoms with van der Waals surface area (Å²) in [4.78, 5) is 13.5. The maximum absolute atomic E-state index is 11.2.